The lowest BCUT2D eigenvalue weighted by atomic mass is 9.94. The van der Waals surface area contributed by atoms with Crippen molar-refractivity contribution in [2.24, 2.45) is 5.73 Å². The first-order valence-corrected chi connectivity index (χ1v) is 9.86. The van der Waals surface area contributed by atoms with Crippen molar-refractivity contribution in [1.29, 1.82) is 0 Å². The van der Waals surface area contributed by atoms with Crippen molar-refractivity contribution in [1.82, 2.24) is 9.97 Å². The third-order valence-corrected chi connectivity index (χ3v) is 4.85. The molecule has 30 heavy (non-hydrogen) atoms. The van der Waals surface area contributed by atoms with Crippen LogP contribution in [0.4, 0.5) is 5.82 Å². The number of amides is 1. The Hall–Kier alpha value is -3.61. The van der Waals surface area contributed by atoms with Crippen LogP contribution in [0.25, 0.3) is 22.4 Å². The predicted octanol–water partition coefficient (Wildman–Crippen LogP) is 3.78. The Morgan fingerprint density at radius 3 is 2.70 bits per heavy atom. The zero-order valence-electron chi connectivity index (χ0n) is 17.2. The second kappa shape index (κ2) is 8.02. The molecule has 0 radical (unpaired) electrons. The molecule has 7 heteroatoms. The minimum atomic E-state index is -0.711. The Morgan fingerprint density at radius 1 is 1.10 bits per heavy atom. The monoisotopic (exact) mass is 404 g/mol. The van der Waals surface area contributed by atoms with Gasteiger partial charge < -0.3 is 20.5 Å². The molecule has 7 nitrogen and oxygen atoms in total. The van der Waals surface area contributed by atoms with Crippen LogP contribution in [0, 0.1) is 0 Å². The van der Waals surface area contributed by atoms with Crippen LogP contribution >= 0.6 is 0 Å². The lowest BCUT2D eigenvalue weighted by Gasteiger charge is -2.22. The van der Waals surface area contributed by atoms with Crippen molar-refractivity contribution in [2.45, 2.75) is 39.5 Å². The number of rotatable bonds is 6. The van der Waals surface area contributed by atoms with Gasteiger partial charge in [-0.1, -0.05) is 12.1 Å². The van der Waals surface area contributed by atoms with Gasteiger partial charge in [0.15, 0.2) is 6.10 Å². The highest BCUT2D eigenvalue weighted by molar-refractivity contribution is 5.81. The smallest absolute Gasteiger partial charge is 0.258 e. The van der Waals surface area contributed by atoms with Crippen molar-refractivity contribution in [3.63, 3.8) is 0 Å². The third kappa shape index (κ3) is 4.05. The quantitative estimate of drug-likeness (QED) is 0.649. The van der Waals surface area contributed by atoms with Gasteiger partial charge in [-0.3, -0.25) is 4.79 Å². The predicted molar refractivity (Wildman–Crippen MR) is 115 cm³/mol. The molecule has 1 amide bonds. The van der Waals surface area contributed by atoms with E-state index in [1.807, 2.05) is 24.3 Å². The molecule has 0 saturated carbocycles. The highest BCUT2D eigenvalue weighted by Crippen LogP contribution is 2.41. The maximum absolute atomic E-state index is 11.3. The van der Waals surface area contributed by atoms with E-state index < -0.39 is 12.0 Å². The average Bonchev–Trinajstić information content (AvgIpc) is 2.72. The van der Waals surface area contributed by atoms with Gasteiger partial charge in [0.05, 0.1) is 5.69 Å². The Labute approximate surface area is 175 Å². The topological polar surface area (TPSA) is 99.4 Å². The maximum Gasteiger partial charge on any atom is 0.258 e. The van der Waals surface area contributed by atoms with E-state index >= 15 is 0 Å². The molecule has 0 fully saturated rings. The van der Waals surface area contributed by atoms with E-state index in [0.717, 1.165) is 33.8 Å². The minimum absolute atomic E-state index is 0.286. The number of nitrogens with two attached hydrogens (primary N) is 1. The molecule has 4 rings (SSSR count). The Bertz CT molecular complexity index is 1100. The molecule has 1 aliphatic rings. The van der Waals surface area contributed by atoms with Crippen molar-refractivity contribution in [3.8, 4) is 33.9 Å². The van der Waals surface area contributed by atoms with Crippen LogP contribution in [0.1, 0.15) is 26.3 Å². The SMILES string of the molecule is CC(C)Nc1cc(-c2ccc3c(c2)-c2ccc(O[C@@H](C)C(N)=O)cc2OC3)ncn1. The highest BCUT2D eigenvalue weighted by atomic mass is 16.5. The fourth-order valence-electron chi connectivity index (χ4n) is 3.34. The Kier molecular flexibility index (Phi) is 5.27. The number of anilines is 1. The molecule has 2 aromatic carbocycles. The molecule has 1 atom stereocenters. The zero-order valence-corrected chi connectivity index (χ0v) is 17.2. The number of fused-ring (bicyclic) bond motifs is 3. The number of hydrogen-bond acceptors (Lipinski definition) is 6. The number of ether oxygens (including phenoxy) is 2. The van der Waals surface area contributed by atoms with Crippen molar-refractivity contribution in [3.05, 3.63) is 54.4 Å². The lowest BCUT2D eigenvalue weighted by molar-refractivity contribution is -0.123. The van der Waals surface area contributed by atoms with Crippen LogP contribution in [-0.4, -0.2) is 28.0 Å². The summed E-state index contributed by atoms with van der Waals surface area (Å²) < 4.78 is 11.5. The molecule has 3 aromatic rings. The molecule has 0 spiro atoms. The van der Waals surface area contributed by atoms with Gasteiger partial charge in [-0.25, -0.2) is 9.97 Å². The van der Waals surface area contributed by atoms with E-state index in [0.29, 0.717) is 18.1 Å². The van der Waals surface area contributed by atoms with Gasteiger partial charge in [-0.15, -0.1) is 0 Å². The first-order valence-electron chi connectivity index (χ1n) is 9.86. The van der Waals surface area contributed by atoms with Gasteiger partial charge >= 0.3 is 0 Å². The first kappa shape index (κ1) is 19.7. The number of carbonyl (C=O) groups excluding carboxylic acids is 1. The molecule has 0 bridgehead atoms. The molecular formula is C23H24N4O3. The fourth-order valence-corrected chi connectivity index (χ4v) is 3.34. The summed E-state index contributed by atoms with van der Waals surface area (Å²) in [6, 6.07) is 14.0. The summed E-state index contributed by atoms with van der Waals surface area (Å²) in [5.41, 5.74) is 10.3. The van der Waals surface area contributed by atoms with E-state index in [2.05, 4.69) is 41.3 Å². The van der Waals surface area contributed by atoms with Crippen LogP contribution in [0.5, 0.6) is 11.5 Å². The molecule has 1 aromatic heterocycles. The number of primary amides is 1. The van der Waals surface area contributed by atoms with E-state index in [-0.39, 0.29) is 6.04 Å². The number of aromatic nitrogens is 2. The standard InChI is InChI=1S/C23H24N4O3/c1-13(2)27-22-10-20(25-12-26-22)15-4-5-16-11-29-21-9-17(30-14(3)23(24)28)6-7-18(21)19(16)8-15/h4-10,12-14H,11H2,1-3H3,(H2,24,28)(H,25,26,27)/t14-/m0/s1. The lowest BCUT2D eigenvalue weighted by Crippen LogP contribution is -2.30. The van der Waals surface area contributed by atoms with Crippen molar-refractivity contribution in [2.75, 3.05) is 5.32 Å². The fraction of sp³-hybridized carbons (Fsp3) is 0.261. The second-order valence-corrected chi connectivity index (χ2v) is 7.57. The number of carbonyl (C=O) groups is 1. The molecule has 3 N–H and O–H groups in total. The minimum Gasteiger partial charge on any atom is -0.488 e. The molecule has 0 aliphatic carbocycles. The normalized spacial score (nSPS) is 13.1. The van der Waals surface area contributed by atoms with E-state index in [1.54, 1.807) is 19.3 Å². The largest absolute Gasteiger partial charge is 0.488 e. The van der Waals surface area contributed by atoms with Crippen LogP contribution in [0.3, 0.4) is 0 Å². The summed E-state index contributed by atoms with van der Waals surface area (Å²) in [6.07, 6.45) is 0.858. The van der Waals surface area contributed by atoms with Crippen molar-refractivity contribution >= 4 is 11.7 Å². The van der Waals surface area contributed by atoms with Gasteiger partial charge in [-0.05, 0) is 50.1 Å². The van der Waals surface area contributed by atoms with Crippen LogP contribution < -0.4 is 20.5 Å². The number of hydrogen-bond donors (Lipinski definition) is 2. The number of benzene rings is 2. The Morgan fingerprint density at radius 2 is 1.93 bits per heavy atom. The molecule has 0 saturated heterocycles. The average molecular weight is 404 g/mol. The number of nitrogens with zero attached hydrogens (tertiary/aromatic N) is 2. The van der Waals surface area contributed by atoms with E-state index in [4.69, 9.17) is 15.2 Å². The third-order valence-electron chi connectivity index (χ3n) is 4.85. The molecule has 154 valence electrons. The number of nitrogens with one attached hydrogen (secondary N) is 1. The van der Waals surface area contributed by atoms with Crippen molar-refractivity contribution < 1.29 is 14.3 Å². The maximum atomic E-state index is 11.3. The zero-order chi connectivity index (χ0) is 21.3. The highest BCUT2D eigenvalue weighted by Gasteiger charge is 2.20. The van der Waals surface area contributed by atoms with Gasteiger partial charge in [0.2, 0.25) is 0 Å². The molecule has 0 unspecified atom stereocenters. The summed E-state index contributed by atoms with van der Waals surface area (Å²) in [4.78, 5) is 20.0. The van der Waals surface area contributed by atoms with Crippen LogP contribution in [0.2, 0.25) is 0 Å². The van der Waals surface area contributed by atoms with Crippen LogP contribution in [-0.2, 0) is 11.4 Å². The second-order valence-electron chi connectivity index (χ2n) is 7.57. The molecular weight excluding hydrogens is 380 g/mol. The molecule has 2 heterocycles. The van der Waals surface area contributed by atoms with Gasteiger partial charge in [-0.2, -0.15) is 0 Å². The summed E-state index contributed by atoms with van der Waals surface area (Å²) >= 11 is 0. The van der Waals surface area contributed by atoms with Crippen LogP contribution in [0.15, 0.2) is 48.8 Å². The van der Waals surface area contributed by atoms with Gasteiger partial charge in [0.25, 0.3) is 5.91 Å². The Balaban J connectivity index is 1.67. The summed E-state index contributed by atoms with van der Waals surface area (Å²) in [5.74, 6) is 1.53. The summed E-state index contributed by atoms with van der Waals surface area (Å²) in [7, 11) is 0. The van der Waals surface area contributed by atoms with E-state index in [9.17, 15) is 4.79 Å². The summed E-state index contributed by atoms with van der Waals surface area (Å²) in [6.45, 7) is 6.22. The first-order chi connectivity index (χ1) is 14.4. The van der Waals surface area contributed by atoms with Gasteiger partial charge in [0, 0.05) is 29.3 Å². The van der Waals surface area contributed by atoms with Gasteiger partial charge in [0.1, 0.15) is 30.3 Å². The summed E-state index contributed by atoms with van der Waals surface area (Å²) in [5, 5.41) is 3.30. The molecule has 1 aliphatic heterocycles. The van der Waals surface area contributed by atoms with E-state index in [1.165, 1.54) is 0 Å².